The number of aromatic amines is 1. The van der Waals surface area contributed by atoms with Gasteiger partial charge in [-0.2, -0.15) is 0 Å². The van der Waals surface area contributed by atoms with Crippen LogP contribution in [0.4, 0.5) is 0 Å². The molecule has 0 radical (unpaired) electrons. The van der Waals surface area contributed by atoms with Gasteiger partial charge in [0.2, 0.25) is 11.8 Å². The summed E-state index contributed by atoms with van der Waals surface area (Å²) in [6.07, 6.45) is 4.52. The molecule has 2 amide bonds. The summed E-state index contributed by atoms with van der Waals surface area (Å²) in [5.41, 5.74) is 1.22. The van der Waals surface area contributed by atoms with Gasteiger partial charge in [0.15, 0.2) is 5.65 Å². The average molecular weight is 343 g/mol. The first-order valence-corrected chi connectivity index (χ1v) is 8.33. The maximum absolute atomic E-state index is 12.2. The van der Waals surface area contributed by atoms with Crippen LogP contribution in [0.2, 0.25) is 0 Å². The number of carbonyl (C=O) groups is 2. The highest BCUT2D eigenvalue weighted by molar-refractivity contribution is 5.87. The number of piperidine rings is 1. The van der Waals surface area contributed by atoms with Crippen molar-refractivity contribution < 1.29 is 9.59 Å². The van der Waals surface area contributed by atoms with E-state index in [4.69, 9.17) is 0 Å². The Bertz CT molecular complexity index is 845. The molecule has 1 aliphatic heterocycles. The van der Waals surface area contributed by atoms with Gasteiger partial charge in [-0.3, -0.25) is 14.2 Å². The third-order valence-electron chi connectivity index (χ3n) is 4.48. The molecule has 0 bridgehead atoms. The molecule has 2 N–H and O–H groups in total. The van der Waals surface area contributed by atoms with Gasteiger partial charge >= 0.3 is 5.69 Å². The first-order valence-electron chi connectivity index (χ1n) is 8.33. The van der Waals surface area contributed by atoms with E-state index in [0.29, 0.717) is 38.1 Å². The smallest absolute Gasteiger partial charge is 0.327 e. The minimum absolute atomic E-state index is 0.00668. The Morgan fingerprint density at radius 2 is 2.16 bits per heavy atom. The Labute approximate surface area is 144 Å². The number of aromatic nitrogens is 3. The number of carbonyl (C=O) groups excluding carboxylic acids is 2. The van der Waals surface area contributed by atoms with Crippen molar-refractivity contribution in [2.45, 2.75) is 25.3 Å². The third-order valence-corrected chi connectivity index (χ3v) is 4.48. The number of fused-ring (bicyclic) bond motifs is 1. The first-order chi connectivity index (χ1) is 12.1. The van der Waals surface area contributed by atoms with E-state index in [0.717, 1.165) is 5.52 Å². The zero-order chi connectivity index (χ0) is 17.8. The molecule has 0 saturated carbocycles. The molecule has 0 unspecified atom stereocenters. The van der Waals surface area contributed by atoms with Gasteiger partial charge in [0.05, 0.1) is 5.52 Å². The number of hydrogen-bond donors (Lipinski definition) is 2. The van der Waals surface area contributed by atoms with Crippen LogP contribution in [0, 0.1) is 0 Å². The van der Waals surface area contributed by atoms with Gasteiger partial charge in [-0.1, -0.05) is 6.58 Å². The molecular weight excluding hydrogens is 322 g/mol. The molecule has 0 aliphatic carbocycles. The second-order valence-corrected chi connectivity index (χ2v) is 6.03. The van der Waals surface area contributed by atoms with Crippen molar-refractivity contribution in [2.75, 3.05) is 19.6 Å². The molecule has 1 fully saturated rings. The fourth-order valence-electron chi connectivity index (χ4n) is 3.19. The van der Waals surface area contributed by atoms with Gasteiger partial charge in [-0.25, -0.2) is 9.78 Å². The first kappa shape index (κ1) is 16.9. The quantitative estimate of drug-likeness (QED) is 0.776. The lowest BCUT2D eigenvalue weighted by Gasteiger charge is -2.32. The van der Waals surface area contributed by atoms with Crippen LogP contribution in [0.1, 0.15) is 25.3 Å². The van der Waals surface area contributed by atoms with Crippen LogP contribution in [-0.2, 0) is 9.59 Å². The van der Waals surface area contributed by atoms with E-state index in [1.54, 1.807) is 21.7 Å². The monoisotopic (exact) mass is 343 g/mol. The Morgan fingerprint density at radius 3 is 2.88 bits per heavy atom. The molecule has 25 heavy (non-hydrogen) atoms. The fraction of sp³-hybridized carbons (Fsp3) is 0.412. The normalized spacial score (nSPS) is 15.3. The largest absolute Gasteiger partial charge is 0.352 e. The minimum atomic E-state index is -0.280. The van der Waals surface area contributed by atoms with Crippen molar-refractivity contribution in [2.24, 2.45) is 0 Å². The lowest BCUT2D eigenvalue weighted by atomic mass is 10.0. The van der Waals surface area contributed by atoms with E-state index in [9.17, 15) is 14.4 Å². The average Bonchev–Trinajstić information content (AvgIpc) is 2.97. The molecule has 1 aliphatic rings. The van der Waals surface area contributed by atoms with Crippen molar-refractivity contribution in [1.82, 2.24) is 24.8 Å². The molecule has 8 heteroatoms. The number of likely N-dealkylation sites (tertiary alicyclic amines) is 1. The molecule has 0 aromatic carbocycles. The van der Waals surface area contributed by atoms with E-state index in [2.05, 4.69) is 21.9 Å². The Balaban J connectivity index is 1.59. The summed E-state index contributed by atoms with van der Waals surface area (Å²) in [5, 5.41) is 2.60. The van der Waals surface area contributed by atoms with Gasteiger partial charge in [0.25, 0.3) is 0 Å². The van der Waals surface area contributed by atoms with Gasteiger partial charge in [-0.15, -0.1) is 0 Å². The molecule has 0 atom stereocenters. The highest BCUT2D eigenvalue weighted by Crippen LogP contribution is 2.24. The van der Waals surface area contributed by atoms with Gasteiger partial charge in [0, 0.05) is 38.3 Å². The van der Waals surface area contributed by atoms with E-state index < -0.39 is 0 Å². The number of hydrogen-bond acceptors (Lipinski definition) is 4. The summed E-state index contributed by atoms with van der Waals surface area (Å²) in [5.74, 6) is -0.273. The van der Waals surface area contributed by atoms with Crippen molar-refractivity contribution in [3.63, 3.8) is 0 Å². The number of nitrogens with zero attached hydrogens (tertiary/aromatic N) is 3. The van der Waals surface area contributed by atoms with E-state index >= 15 is 0 Å². The van der Waals surface area contributed by atoms with Crippen LogP contribution in [0.25, 0.3) is 11.2 Å². The van der Waals surface area contributed by atoms with Gasteiger partial charge < -0.3 is 15.2 Å². The lowest BCUT2D eigenvalue weighted by molar-refractivity contribution is -0.132. The summed E-state index contributed by atoms with van der Waals surface area (Å²) < 4.78 is 1.70. The van der Waals surface area contributed by atoms with Crippen LogP contribution in [0.5, 0.6) is 0 Å². The Morgan fingerprint density at radius 1 is 1.40 bits per heavy atom. The molecule has 2 aromatic rings. The van der Waals surface area contributed by atoms with Crippen molar-refractivity contribution in [3.8, 4) is 0 Å². The topological polar surface area (TPSA) is 100 Å². The number of rotatable bonds is 5. The van der Waals surface area contributed by atoms with Crippen molar-refractivity contribution in [1.29, 1.82) is 0 Å². The Hall–Kier alpha value is -2.90. The summed E-state index contributed by atoms with van der Waals surface area (Å²) in [4.78, 5) is 44.4. The van der Waals surface area contributed by atoms with E-state index in [1.807, 2.05) is 6.07 Å². The van der Waals surface area contributed by atoms with Gasteiger partial charge in [0.1, 0.15) is 0 Å². The van der Waals surface area contributed by atoms with Gasteiger partial charge in [-0.05, 0) is 31.1 Å². The van der Waals surface area contributed by atoms with E-state index in [1.165, 1.54) is 6.08 Å². The van der Waals surface area contributed by atoms with Crippen LogP contribution in [-0.4, -0.2) is 50.9 Å². The van der Waals surface area contributed by atoms with Crippen LogP contribution < -0.4 is 11.0 Å². The number of nitrogens with one attached hydrogen (secondary N) is 2. The predicted molar refractivity (Wildman–Crippen MR) is 93.0 cm³/mol. The second-order valence-electron chi connectivity index (χ2n) is 6.03. The maximum atomic E-state index is 12.2. The number of amides is 2. The molecule has 0 spiro atoms. The number of pyridine rings is 1. The van der Waals surface area contributed by atoms with Crippen LogP contribution >= 0.6 is 0 Å². The molecule has 2 aromatic heterocycles. The zero-order valence-electron chi connectivity index (χ0n) is 13.9. The minimum Gasteiger partial charge on any atom is -0.352 e. The highest BCUT2D eigenvalue weighted by atomic mass is 16.2. The Kier molecular flexibility index (Phi) is 4.97. The highest BCUT2D eigenvalue weighted by Gasteiger charge is 2.26. The molecular formula is C17H21N5O3. The third kappa shape index (κ3) is 3.62. The van der Waals surface area contributed by atoms with Crippen molar-refractivity contribution >= 4 is 23.0 Å². The van der Waals surface area contributed by atoms with Crippen molar-refractivity contribution in [3.05, 3.63) is 41.5 Å². The zero-order valence-corrected chi connectivity index (χ0v) is 13.9. The number of imidazole rings is 1. The second kappa shape index (κ2) is 7.33. The summed E-state index contributed by atoms with van der Waals surface area (Å²) in [7, 11) is 0. The van der Waals surface area contributed by atoms with Crippen LogP contribution in [0.3, 0.4) is 0 Å². The summed E-state index contributed by atoms with van der Waals surface area (Å²) in [6.45, 7) is 4.84. The van der Waals surface area contributed by atoms with E-state index in [-0.39, 0.29) is 30.0 Å². The fourth-order valence-corrected chi connectivity index (χ4v) is 3.19. The molecule has 132 valence electrons. The molecule has 3 rings (SSSR count). The molecule has 8 nitrogen and oxygen atoms in total. The molecule has 1 saturated heterocycles. The summed E-state index contributed by atoms with van der Waals surface area (Å²) in [6, 6.07) is 3.64. The summed E-state index contributed by atoms with van der Waals surface area (Å²) >= 11 is 0. The predicted octanol–water partition coefficient (Wildman–Crippen LogP) is 0.580. The molecule has 3 heterocycles. The standard InChI is InChI=1S/C17H21N5O3/c1-2-14(23)18-9-5-15(24)21-10-6-12(7-11-21)22-16-13(20-17(22)25)4-3-8-19-16/h2-4,8,12H,1,5-7,9-11H2,(H,18,23)(H,20,25). The SMILES string of the molecule is C=CC(=O)NCCC(=O)N1CCC(n2c(=O)[nH]c3cccnc32)CC1. The number of H-pyrrole nitrogens is 1. The van der Waals surface area contributed by atoms with Crippen LogP contribution in [0.15, 0.2) is 35.8 Å². The lowest BCUT2D eigenvalue weighted by Crippen LogP contribution is -2.41. The maximum Gasteiger partial charge on any atom is 0.327 e.